The fourth-order valence-corrected chi connectivity index (χ4v) is 2.74. The van der Waals surface area contributed by atoms with Crippen LogP contribution in [-0.2, 0) is 12.8 Å². The van der Waals surface area contributed by atoms with E-state index in [1.54, 1.807) is 0 Å². The van der Waals surface area contributed by atoms with E-state index >= 15 is 0 Å². The monoisotopic (exact) mass is 279 g/mol. The number of aromatic nitrogens is 2. The number of hydrogen-bond donors (Lipinski definition) is 1. The summed E-state index contributed by atoms with van der Waals surface area (Å²) in [4.78, 5) is 4.77. The number of aryl methyl sites for hydroxylation is 2. The average molecular weight is 279 g/mol. The number of fused-ring (bicyclic) bond motifs is 1. The minimum atomic E-state index is 0.687. The Morgan fingerprint density at radius 1 is 1.10 bits per heavy atom. The highest BCUT2D eigenvalue weighted by Crippen LogP contribution is 2.23. The Labute approximate surface area is 125 Å². The van der Waals surface area contributed by atoms with Crippen molar-refractivity contribution in [3.8, 4) is 5.69 Å². The zero-order valence-corrected chi connectivity index (χ0v) is 12.6. The predicted octanol–water partition coefficient (Wildman–Crippen LogP) is 3.40. The van der Waals surface area contributed by atoms with Gasteiger partial charge in [0.1, 0.15) is 5.82 Å². The molecule has 3 aromatic rings. The summed E-state index contributed by atoms with van der Waals surface area (Å²) < 4.78 is 2.25. The van der Waals surface area contributed by atoms with Crippen molar-refractivity contribution < 1.29 is 0 Å². The van der Waals surface area contributed by atoms with Gasteiger partial charge < -0.3 is 5.73 Å². The molecule has 3 rings (SSSR count). The first-order valence-corrected chi connectivity index (χ1v) is 7.50. The quantitative estimate of drug-likeness (QED) is 0.795. The van der Waals surface area contributed by atoms with Gasteiger partial charge in [0, 0.05) is 12.1 Å². The van der Waals surface area contributed by atoms with E-state index in [0.29, 0.717) is 6.54 Å². The first kappa shape index (κ1) is 13.8. The highest BCUT2D eigenvalue weighted by atomic mass is 15.1. The molecule has 108 valence electrons. The second-order valence-electron chi connectivity index (χ2n) is 5.41. The molecule has 0 atom stereocenters. The average Bonchev–Trinajstić information content (AvgIpc) is 2.86. The van der Waals surface area contributed by atoms with Crippen LogP contribution in [0.2, 0.25) is 0 Å². The summed E-state index contributed by atoms with van der Waals surface area (Å²) in [5, 5.41) is 0. The van der Waals surface area contributed by atoms with E-state index in [9.17, 15) is 0 Å². The van der Waals surface area contributed by atoms with Gasteiger partial charge in [-0.15, -0.1) is 0 Å². The van der Waals surface area contributed by atoms with Gasteiger partial charge in [0.2, 0.25) is 0 Å². The van der Waals surface area contributed by atoms with Crippen LogP contribution in [0, 0.1) is 6.92 Å². The van der Waals surface area contributed by atoms with Gasteiger partial charge in [0.25, 0.3) is 0 Å². The molecule has 3 nitrogen and oxygen atoms in total. The third-order valence-corrected chi connectivity index (χ3v) is 3.82. The molecule has 0 unspecified atom stereocenters. The molecule has 0 bridgehead atoms. The van der Waals surface area contributed by atoms with E-state index in [1.165, 1.54) is 22.3 Å². The summed E-state index contributed by atoms with van der Waals surface area (Å²) in [5.74, 6) is 1.10. The Hall–Kier alpha value is -2.13. The molecule has 21 heavy (non-hydrogen) atoms. The number of hydrogen-bond acceptors (Lipinski definition) is 2. The number of imidazole rings is 1. The molecule has 1 heterocycles. The van der Waals surface area contributed by atoms with Gasteiger partial charge in [-0.25, -0.2) is 4.98 Å². The Morgan fingerprint density at radius 3 is 2.52 bits per heavy atom. The molecule has 3 heteroatoms. The molecule has 0 aliphatic carbocycles. The fraction of sp³-hybridized carbons (Fsp3) is 0.278. The van der Waals surface area contributed by atoms with Gasteiger partial charge in [0.05, 0.1) is 11.0 Å². The van der Waals surface area contributed by atoms with Gasteiger partial charge >= 0.3 is 0 Å². The van der Waals surface area contributed by atoms with Gasteiger partial charge in [-0.3, -0.25) is 4.57 Å². The topological polar surface area (TPSA) is 43.8 Å². The van der Waals surface area contributed by atoms with Crippen LogP contribution in [0.4, 0.5) is 0 Å². The van der Waals surface area contributed by atoms with Crippen molar-refractivity contribution >= 4 is 11.0 Å². The lowest BCUT2D eigenvalue weighted by Crippen LogP contribution is -2.03. The molecule has 0 fully saturated rings. The smallest absolute Gasteiger partial charge is 0.114 e. The molecule has 1 aromatic heterocycles. The normalized spacial score (nSPS) is 11.2. The summed E-state index contributed by atoms with van der Waals surface area (Å²) in [6.07, 6.45) is 1.84. The standard InChI is InChI=1S/C18H21N3/c1-3-18-20-16-12-13(2)4-9-17(16)21(18)15-7-5-14(6-8-15)10-11-19/h4-9,12H,3,10-11,19H2,1-2H3. The van der Waals surface area contributed by atoms with E-state index in [1.807, 2.05) is 0 Å². The predicted molar refractivity (Wildman–Crippen MR) is 87.9 cm³/mol. The Kier molecular flexibility index (Phi) is 3.76. The largest absolute Gasteiger partial charge is 0.330 e. The Balaban J connectivity index is 2.13. The van der Waals surface area contributed by atoms with Crippen molar-refractivity contribution in [2.45, 2.75) is 26.7 Å². The van der Waals surface area contributed by atoms with Crippen LogP contribution >= 0.6 is 0 Å². The van der Waals surface area contributed by atoms with Crippen molar-refractivity contribution in [3.63, 3.8) is 0 Å². The zero-order valence-electron chi connectivity index (χ0n) is 12.6. The third-order valence-electron chi connectivity index (χ3n) is 3.82. The molecule has 0 aliphatic heterocycles. The van der Waals surface area contributed by atoms with Gasteiger partial charge in [-0.1, -0.05) is 25.1 Å². The Bertz CT molecular complexity index is 754. The van der Waals surface area contributed by atoms with Crippen LogP contribution < -0.4 is 5.73 Å². The lowest BCUT2D eigenvalue weighted by Gasteiger charge is -2.09. The summed E-state index contributed by atoms with van der Waals surface area (Å²) in [7, 11) is 0. The van der Waals surface area contributed by atoms with E-state index < -0.39 is 0 Å². The molecule has 0 saturated carbocycles. The number of nitrogens with two attached hydrogens (primary N) is 1. The molecule has 2 N–H and O–H groups in total. The molecule has 0 saturated heterocycles. The first-order valence-electron chi connectivity index (χ1n) is 7.50. The van der Waals surface area contributed by atoms with Crippen molar-refractivity contribution in [1.82, 2.24) is 9.55 Å². The van der Waals surface area contributed by atoms with Crippen LogP contribution in [-0.4, -0.2) is 16.1 Å². The molecule has 0 radical (unpaired) electrons. The van der Waals surface area contributed by atoms with Crippen LogP contribution in [0.25, 0.3) is 16.7 Å². The second-order valence-corrected chi connectivity index (χ2v) is 5.41. The van der Waals surface area contributed by atoms with E-state index in [-0.39, 0.29) is 0 Å². The van der Waals surface area contributed by atoms with E-state index in [0.717, 1.165) is 24.2 Å². The van der Waals surface area contributed by atoms with Crippen molar-refractivity contribution in [1.29, 1.82) is 0 Å². The molecule has 0 amide bonds. The summed E-state index contributed by atoms with van der Waals surface area (Å²) in [6, 6.07) is 15.1. The SMILES string of the molecule is CCc1nc2cc(C)ccc2n1-c1ccc(CCN)cc1. The number of nitrogens with zero attached hydrogens (tertiary/aromatic N) is 2. The van der Waals surface area contributed by atoms with Crippen molar-refractivity contribution in [3.05, 3.63) is 59.4 Å². The Morgan fingerprint density at radius 2 is 1.86 bits per heavy atom. The van der Waals surface area contributed by atoms with E-state index in [4.69, 9.17) is 10.7 Å². The number of benzene rings is 2. The van der Waals surface area contributed by atoms with Crippen molar-refractivity contribution in [2.75, 3.05) is 6.54 Å². The molecular formula is C18H21N3. The number of rotatable bonds is 4. The van der Waals surface area contributed by atoms with Crippen molar-refractivity contribution in [2.24, 2.45) is 5.73 Å². The molecular weight excluding hydrogens is 258 g/mol. The third kappa shape index (κ3) is 2.57. The lowest BCUT2D eigenvalue weighted by atomic mass is 10.1. The van der Waals surface area contributed by atoms with Gasteiger partial charge in [0.15, 0.2) is 0 Å². The highest BCUT2D eigenvalue weighted by molar-refractivity contribution is 5.79. The van der Waals surface area contributed by atoms with Crippen LogP contribution in [0.15, 0.2) is 42.5 Å². The summed E-state index contributed by atoms with van der Waals surface area (Å²) in [5.41, 5.74) is 11.5. The molecule has 0 spiro atoms. The summed E-state index contributed by atoms with van der Waals surface area (Å²) >= 11 is 0. The van der Waals surface area contributed by atoms with Gasteiger partial charge in [-0.05, 0) is 55.3 Å². The first-order chi connectivity index (χ1) is 10.2. The fourth-order valence-electron chi connectivity index (χ4n) is 2.74. The van der Waals surface area contributed by atoms with Gasteiger partial charge in [-0.2, -0.15) is 0 Å². The second kappa shape index (κ2) is 5.70. The van der Waals surface area contributed by atoms with Crippen LogP contribution in [0.5, 0.6) is 0 Å². The highest BCUT2D eigenvalue weighted by Gasteiger charge is 2.11. The minimum Gasteiger partial charge on any atom is -0.330 e. The maximum Gasteiger partial charge on any atom is 0.114 e. The van der Waals surface area contributed by atoms with E-state index in [2.05, 4.69) is 60.9 Å². The van der Waals surface area contributed by atoms with Crippen LogP contribution in [0.1, 0.15) is 23.9 Å². The molecule has 2 aromatic carbocycles. The zero-order chi connectivity index (χ0) is 14.8. The lowest BCUT2D eigenvalue weighted by molar-refractivity contribution is 0.905. The van der Waals surface area contributed by atoms with Crippen LogP contribution in [0.3, 0.4) is 0 Å². The maximum absolute atomic E-state index is 5.61. The minimum absolute atomic E-state index is 0.687. The summed E-state index contributed by atoms with van der Waals surface area (Å²) in [6.45, 7) is 4.94. The molecule has 0 aliphatic rings. The maximum atomic E-state index is 5.61.